The first-order valence-corrected chi connectivity index (χ1v) is 14.3. The number of hydrogen-bond acceptors (Lipinski definition) is 11. The molecule has 3 aliphatic rings. The molecule has 40 heavy (non-hydrogen) atoms. The van der Waals surface area contributed by atoms with E-state index < -0.39 is 0 Å². The lowest BCUT2D eigenvalue weighted by molar-refractivity contribution is 0.122. The van der Waals surface area contributed by atoms with Crippen LogP contribution in [0, 0.1) is 5.92 Å². The van der Waals surface area contributed by atoms with Gasteiger partial charge in [0.2, 0.25) is 5.95 Å². The summed E-state index contributed by atoms with van der Waals surface area (Å²) in [5, 5.41) is 0. The second-order valence-electron chi connectivity index (χ2n) is 11.2. The molecular formula is C29H40N8O3. The number of nitrogens with zero attached hydrogens (tertiary/aromatic N) is 8. The minimum absolute atomic E-state index is 0.683. The number of aromatic nitrogens is 4. The lowest BCUT2D eigenvalue weighted by Gasteiger charge is -2.35. The van der Waals surface area contributed by atoms with Crippen LogP contribution in [-0.2, 0) is 17.7 Å². The molecule has 3 aromatic rings. The molecule has 0 radical (unpaired) electrons. The van der Waals surface area contributed by atoms with Crippen molar-refractivity contribution in [1.82, 2.24) is 24.8 Å². The summed E-state index contributed by atoms with van der Waals surface area (Å²) in [5.74, 6) is 4.72. The average molecular weight is 549 g/mol. The van der Waals surface area contributed by atoms with Crippen molar-refractivity contribution in [3.05, 3.63) is 29.6 Å². The van der Waals surface area contributed by atoms with Gasteiger partial charge in [0, 0.05) is 45.8 Å². The summed E-state index contributed by atoms with van der Waals surface area (Å²) < 4.78 is 16.8. The zero-order valence-electron chi connectivity index (χ0n) is 24.1. The molecule has 0 N–H and O–H groups in total. The molecule has 0 aliphatic carbocycles. The topological polar surface area (TPSA) is 92.2 Å². The maximum Gasteiger partial charge on any atom is 0.228 e. The predicted octanol–water partition coefficient (Wildman–Crippen LogP) is 2.61. The highest BCUT2D eigenvalue weighted by molar-refractivity contribution is 5.94. The molecule has 0 atom stereocenters. The number of piperidine rings is 1. The lowest BCUT2D eigenvalue weighted by Crippen LogP contribution is -2.40. The van der Waals surface area contributed by atoms with Crippen LogP contribution < -0.4 is 24.2 Å². The first-order valence-electron chi connectivity index (χ1n) is 14.3. The van der Waals surface area contributed by atoms with Gasteiger partial charge in [0.05, 0.1) is 27.4 Å². The molecule has 0 saturated carbocycles. The number of methoxy groups -OCH3 is 2. The van der Waals surface area contributed by atoms with Crippen molar-refractivity contribution in [2.45, 2.75) is 25.8 Å². The summed E-state index contributed by atoms with van der Waals surface area (Å²) in [6.07, 6.45) is 4.81. The van der Waals surface area contributed by atoms with Crippen LogP contribution in [-0.4, -0.2) is 106 Å². The standard InChI is InChI=1S/C29H40N8O3/c1-34(2)17-20-5-8-36(9-6-20)29-32-26-25(28(33-29)35-11-13-40-14-12-35)30-19-31-27(26)37-10-7-21-15-23(38-3)24(39-4)16-22(21)18-37/h15-16,19-20H,5-14,17-18H2,1-4H3. The molecule has 2 saturated heterocycles. The molecular weight excluding hydrogens is 508 g/mol. The Labute approximate surface area is 236 Å². The summed E-state index contributed by atoms with van der Waals surface area (Å²) in [7, 11) is 7.67. The van der Waals surface area contributed by atoms with Crippen molar-refractivity contribution in [2.75, 3.05) is 95.5 Å². The number of benzene rings is 1. The van der Waals surface area contributed by atoms with E-state index in [-0.39, 0.29) is 0 Å². The van der Waals surface area contributed by atoms with Crippen molar-refractivity contribution in [3.63, 3.8) is 0 Å². The molecule has 11 heteroatoms. The van der Waals surface area contributed by atoms with Gasteiger partial charge in [-0.2, -0.15) is 4.98 Å². The Kier molecular flexibility index (Phi) is 7.75. The average Bonchev–Trinajstić information content (AvgIpc) is 2.99. The molecule has 1 aromatic carbocycles. The highest BCUT2D eigenvalue weighted by Gasteiger charge is 2.28. The Bertz CT molecular complexity index is 1340. The normalized spacial score (nSPS) is 18.4. The van der Waals surface area contributed by atoms with E-state index in [2.05, 4.69) is 45.8 Å². The van der Waals surface area contributed by atoms with Gasteiger partial charge in [0.25, 0.3) is 0 Å². The maximum atomic E-state index is 5.65. The van der Waals surface area contributed by atoms with Gasteiger partial charge in [0.15, 0.2) is 23.1 Å². The molecule has 0 bridgehead atoms. The monoisotopic (exact) mass is 548 g/mol. The van der Waals surface area contributed by atoms with Crippen LogP contribution in [0.3, 0.4) is 0 Å². The zero-order valence-corrected chi connectivity index (χ0v) is 24.1. The highest BCUT2D eigenvalue weighted by Crippen LogP contribution is 2.37. The maximum absolute atomic E-state index is 5.65. The van der Waals surface area contributed by atoms with Crippen molar-refractivity contribution < 1.29 is 14.2 Å². The Balaban J connectivity index is 1.37. The quantitative estimate of drug-likeness (QED) is 0.436. The molecule has 2 aromatic heterocycles. The van der Waals surface area contributed by atoms with Crippen molar-refractivity contribution in [1.29, 1.82) is 0 Å². The summed E-state index contributed by atoms with van der Waals surface area (Å²) in [6.45, 7) is 7.51. The largest absolute Gasteiger partial charge is 0.493 e. The number of anilines is 3. The molecule has 11 nitrogen and oxygen atoms in total. The van der Waals surface area contributed by atoms with Crippen molar-refractivity contribution >= 4 is 28.6 Å². The minimum atomic E-state index is 0.683. The number of fused-ring (bicyclic) bond motifs is 2. The summed E-state index contributed by atoms with van der Waals surface area (Å²) in [6, 6.07) is 4.18. The van der Waals surface area contributed by atoms with Crippen LogP contribution >= 0.6 is 0 Å². The third-order valence-electron chi connectivity index (χ3n) is 8.28. The first-order chi connectivity index (χ1) is 19.5. The van der Waals surface area contributed by atoms with E-state index >= 15 is 0 Å². The Hall–Kier alpha value is -3.44. The van der Waals surface area contributed by atoms with E-state index in [9.17, 15) is 0 Å². The van der Waals surface area contributed by atoms with Crippen molar-refractivity contribution in [2.24, 2.45) is 5.92 Å². The van der Waals surface area contributed by atoms with E-state index in [0.717, 1.165) is 98.6 Å². The van der Waals surface area contributed by atoms with Gasteiger partial charge in [-0.3, -0.25) is 0 Å². The highest BCUT2D eigenvalue weighted by atomic mass is 16.5. The second-order valence-corrected chi connectivity index (χ2v) is 11.2. The Morgan fingerprint density at radius 1 is 0.825 bits per heavy atom. The smallest absolute Gasteiger partial charge is 0.228 e. The molecule has 6 rings (SSSR count). The van der Waals surface area contributed by atoms with Crippen LogP contribution in [0.15, 0.2) is 18.5 Å². The molecule has 0 spiro atoms. The van der Waals surface area contributed by atoms with Gasteiger partial charge in [0.1, 0.15) is 17.4 Å². The molecule has 3 aliphatic heterocycles. The van der Waals surface area contributed by atoms with Gasteiger partial charge < -0.3 is 33.8 Å². The third kappa shape index (κ3) is 5.32. The fraction of sp³-hybridized carbons (Fsp3) is 0.586. The fourth-order valence-electron chi connectivity index (χ4n) is 6.17. The Morgan fingerprint density at radius 2 is 1.55 bits per heavy atom. The molecule has 214 valence electrons. The van der Waals surface area contributed by atoms with Gasteiger partial charge >= 0.3 is 0 Å². The van der Waals surface area contributed by atoms with Gasteiger partial charge in [-0.1, -0.05) is 0 Å². The number of ether oxygens (including phenoxy) is 3. The first kappa shape index (κ1) is 26.8. The molecule has 0 unspecified atom stereocenters. The molecule has 2 fully saturated rings. The summed E-state index contributed by atoms with van der Waals surface area (Å²) in [4.78, 5) is 29.1. The molecule has 0 amide bonds. The third-order valence-corrected chi connectivity index (χ3v) is 8.28. The zero-order chi connectivity index (χ0) is 27.6. The van der Waals surface area contributed by atoms with E-state index in [1.807, 2.05) is 0 Å². The van der Waals surface area contributed by atoms with Gasteiger partial charge in [-0.25, -0.2) is 15.0 Å². The van der Waals surface area contributed by atoms with Crippen LogP contribution in [0.5, 0.6) is 11.5 Å². The van der Waals surface area contributed by atoms with E-state index in [0.29, 0.717) is 25.7 Å². The number of rotatable bonds is 7. The van der Waals surface area contributed by atoms with Crippen LogP contribution in [0.25, 0.3) is 11.0 Å². The van der Waals surface area contributed by atoms with Gasteiger partial charge in [-0.15, -0.1) is 0 Å². The SMILES string of the molecule is COc1cc2c(cc1OC)CN(c1ncnc3c(N4CCOCC4)nc(N4CCC(CN(C)C)CC4)nc13)CC2. The van der Waals surface area contributed by atoms with E-state index in [1.54, 1.807) is 20.5 Å². The van der Waals surface area contributed by atoms with Crippen molar-refractivity contribution in [3.8, 4) is 11.5 Å². The van der Waals surface area contributed by atoms with Crippen LogP contribution in [0.4, 0.5) is 17.6 Å². The second kappa shape index (κ2) is 11.6. The van der Waals surface area contributed by atoms with E-state index in [4.69, 9.17) is 34.1 Å². The summed E-state index contributed by atoms with van der Waals surface area (Å²) in [5.41, 5.74) is 4.10. The fourth-order valence-corrected chi connectivity index (χ4v) is 6.17. The van der Waals surface area contributed by atoms with Crippen LogP contribution in [0.2, 0.25) is 0 Å². The number of morpholine rings is 1. The molecule has 5 heterocycles. The predicted molar refractivity (Wildman–Crippen MR) is 156 cm³/mol. The lowest BCUT2D eigenvalue weighted by atomic mass is 9.97. The van der Waals surface area contributed by atoms with Gasteiger partial charge in [-0.05, 0) is 62.5 Å². The van der Waals surface area contributed by atoms with Crippen LogP contribution in [0.1, 0.15) is 24.0 Å². The minimum Gasteiger partial charge on any atom is -0.493 e. The Morgan fingerprint density at radius 3 is 2.25 bits per heavy atom. The van der Waals surface area contributed by atoms with E-state index in [1.165, 1.54) is 11.1 Å². The number of hydrogen-bond donors (Lipinski definition) is 0. The summed E-state index contributed by atoms with van der Waals surface area (Å²) >= 11 is 0.